The molecule has 5 heteroatoms. The van der Waals surface area contributed by atoms with E-state index in [-0.39, 0.29) is 17.8 Å². The van der Waals surface area contributed by atoms with E-state index in [1.54, 1.807) is 0 Å². The molecule has 0 aliphatic heterocycles. The standard InChI is InChI=1S/C18H21NO3S/c1-14(23-12-11-20)18(21)19-16-7-9-17(10-8-16)22-13-15-5-3-2-4-6-15/h2-10,14,20H,11-13H2,1H3,(H,19,21)/t14-/m1/s1. The molecule has 0 aliphatic carbocycles. The number of carbonyl (C=O) groups is 1. The molecule has 1 atom stereocenters. The van der Waals surface area contributed by atoms with Crippen LogP contribution < -0.4 is 10.1 Å². The topological polar surface area (TPSA) is 58.6 Å². The Morgan fingerprint density at radius 1 is 1.17 bits per heavy atom. The van der Waals surface area contributed by atoms with Gasteiger partial charge in [-0.2, -0.15) is 0 Å². The molecule has 2 aromatic rings. The highest BCUT2D eigenvalue weighted by atomic mass is 32.2. The fourth-order valence-electron chi connectivity index (χ4n) is 1.92. The molecule has 23 heavy (non-hydrogen) atoms. The van der Waals surface area contributed by atoms with Crippen LogP contribution in [0.25, 0.3) is 0 Å². The van der Waals surface area contributed by atoms with Crippen molar-refractivity contribution in [2.24, 2.45) is 0 Å². The van der Waals surface area contributed by atoms with E-state index in [0.29, 0.717) is 12.4 Å². The van der Waals surface area contributed by atoms with Gasteiger partial charge in [0.05, 0.1) is 11.9 Å². The Hall–Kier alpha value is -1.98. The van der Waals surface area contributed by atoms with Crippen LogP contribution in [0, 0.1) is 0 Å². The minimum atomic E-state index is -0.198. The second-order valence-electron chi connectivity index (χ2n) is 5.02. The van der Waals surface area contributed by atoms with Gasteiger partial charge in [-0.1, -0.05) is 30.3 Å². The molecule has 0 aromatic heterocycles. The summed E-state index contributed by atoms with van der Waals surface area (Å²) < 4.78 is 5.71. The number of hydrogen-bond donors (Lipinski definition) is 2. The molecule has 2 rings (SSSR count). The van der Waals surface area contributed by atoms with Crippen LogP contribution in [0.3, 0.4) is 0 Å². The van der Waals surface area contributed by atoms with Gasteiger partial charge < -0.3 is 15.2 Å². The van der Waals surface area contributed by atoms with Gasteiger partial charge >= 0.3 is 0 Å². The van der Waals surface area contributed by atoms with E-state index in [4.69, 9.17) is 9.84 Å². The number of thioether (sulfide) groups is 1. The van der Waals surface area contributed by atoms with E-state index in [1.807, 2.05) is 61.5 Å². The summed E-state index contributed by atoms with van der Waals surface area (Å²) in [7, 11) is 0. The van der Waals surface area contributed by atoms with Gasteiger partial charge in [0.2, 0.25) is 5.91 Å². The molecule has 0 aliphatic rings. The first-order valence-electron chi connectivity index (χ1n) is 7.49. The monoisotopic (exact) mass is 331 g/mol. The van der Waals surface area contributed by atoms with Gasteiger partial charge in [-0.25, -0.2) is 0 Å². The third kappa shape index (κ3) is 5.96. The molecule has 4 nitrogen and oxygen atoms in total. The first-order chi connectivity index (χ1) is 11.2. The minimum absolute atomic E-state index is 0.0681. The van der Waals surface area contributed by atoms with Crippen molar-refractivity contribution in [3.63, 3.8) is 0 Å². The van der Waals surface area contributed by atoms with Gasteiger partial charge in [-0.05, 0) is 36.8 Å². The number of hydrogen-bond acceptors (Lipinski definition) is 4. The third-order valence-electron chi connectivity index (χ3n) is 3.20. The van der Waals surface area contributed by atoms with Gasteiger partial charge in [0.25, 0.3) is 0 Å². The van der Waals surface area contributed by atoms with Gasteiger partial charge in [0.1, 0.15) is 12.4 Å². The second-order valence-corrected chi connectivity index (χ2v) is 6.47. The Balaban J connectivity index is 1.83. The first-order valence-corrected chi connectivity index (χ1v) is 8.54. The zero-order chi connectivity index (χ0) is 16.5. The Labute approximate surface area is 140 Å². The number of nitrogens with one attached hydrogen (secondary N) is 1. The lowest BCUT2D eigenvalue weighted by atomic mass is 10.2. The first kappa shape index (κ1) is 17.4. The zero-order valence-corrected chi connectivity index (χ0v) is 13.9. The Morgan fingerprint density at radius 2 is 1.87 bits per heavy atom. The fourth-order valence-corrected chi connectivity index (χ4v) is 2.59. The van der Waals surface area contributed by atoms with Crippen LogP contribution in [0.2, 0.25) is 0 Å². The van der Waals surface area contributed by atoms with Gasteiger partial charge in [-0.15, -0.1) is 11.8 Å². The number of ether oxygens (including phenoxy) is 1. The van der Waals surface area contributed by atoms with E-state index in [2.05, 4.69) is 5.32 Å². The van der Waals surface area contributed by atoms with E-state index in [0.717, 1.165) is 17.0 Å². The molecule has 0 radical (unpaired) electrons. The summed E-state index contributed by atoms with van der Waals surface area (Å²) in [6, 6.07) is 17.3. The lowest BCUT2D eigenvalue weighted by Crippen LogP contribution is -2.23. The van der Waals surface area contributed by atoms with E-state index in [1.165, 1.54) is 11.8 Å². The summed E-state index contributed by atoms with van der Waals surface area (Å²) >= 11 is 1.43. The third-order valence-corrected chi connectivity index (χ3v) is 4.33. The quantitative estimate of drug-likeness (QED) is 0.779. The van der Waals surface area contributed by atoms with Crippen molar-refractivity contribution in [2.45, 2.75) is 18.8 Å². The molecule has 0 saturated carbocycles. The average Bonchev–Trinajstić information content (AvgIpc) is 2.60. The molecule has 0 saturated heterocycles. The minimum Gasteiger partial charge on any atom is -0.489 e. The maximum atomic E-state index is 12.0. The number of aliphatic hydroxyl groups is 1. The molecule has 0 fully saturated rings. The van der Waals surface area contributed by atoms with Crippen LogP contribution in [0.1, 0.15) is 12.5 Å². The number of anilines is 1. The second kappa shape index (κ2) is 9.22. The molecule has 122 valence electrons. The van der Waals surface area contributed by atoms with Crippen LogP contribution >= 0.6 is 11.8 Å². The number of amides is 1. The summed E-state index contributed by atoms with van der Waals surface area (Å²) in [5.74, 6) is 1.25. The van der Waals surface area contributed by atoms with Crippen molar-refractivity contribution in [1.29, 1.82) is 0 Å². The lowest BCUT2D eigenvalue weighted by Gasteiger charge is -2.12. The SMILES string of the molecule is C[C@@H](SCCO)C(=O)Nc1ccc(OCc2ccccc2)cc1. The van der Waals surface area contributed by atoms with Crippen LogP contribution in [0.5, 0.6) is 5.75 Å². The number of carbonyl (C=O) groups excluding carboxylic acids is 1. The van der Waals surface area contributed by atoms with Crippen molar-refractivity contribution in [1.82, 2.24) is 0 Å². The number of benzene rings is 2. The maximum absolute atomic E-state index is 12.0. The summed E-state index contributed by atoms with van der Waals surface area (Å²) in [6.45, 7) is 2.42. The Bertz CT molecular complexity index is 601. The van der Waals surface area contributed by atoms with E-state index in [9.17, 15) is 4.79 Å². The molecular weight excluding hydrogens is 310 g/mol. The van der Waals surface area contributed by atoms with Crippen molar-refractivity contribution in [3.05, 3.63) is 60.2 Å². The average molecular weight is 331 g/mol. The predicted octanol–water partition coefficient (Wildman–Crippen LogP) is 3.32. The van der Waals surface area contributed by atoms with Crippen LogP contribution in [-0.4, -0.2) is 28.6 Å². The van der Waals surface area contributed by atoms with E-state index >= 15 is 0 Å². The van der Waals surface area contributed by atoms with E-state index < -0.39 is 0 Å². The van der Waals surface area contributed by atoms with Crippen molar-refractivity contribution >= 4 is 23.4 Å². The predicted molar refractivity (Wildman–Crippen MR) is 94.9 cm³/mol. The molecule has 1 amide bonds. The molecule has 0 heterocycles. The Kier molecular flexibility index (Phi) is 6.97. The number of rotatable bonds is 8. The maximum Gasteiger partial charge on any atom is 0.237 e. The van der Waals surface area contributed by atoms with Gasteiger partial charge in [0, 0.05) is 11.4 Å². The molecule has 0 spiro atoms. The normalized spacial score (nSPS) is 11.7. The van der Waals surface area contributed by atoms with Crippen LogP contribution in [0.4, 0.5) is 5.69 Å². The molecular formula is C18H21NO3S. The summed E-state index contributed by atoms with van der Waals surface area (Å²) in [5, 5.41) is 11.4. The summed E-state index contributed by atoms with van der Waals surface area (Å²) in [6.07, 6.45) is 0. The largest absolute Gasteiger partial charge is 0.489 e. The molecule has 0 bridgehead atoms. The van der Waals surface area contributed by atoms with Crippen molar-refractivity contribution < 1.29 is 14.6 Å². The van der Waals surface area contributed by atoms with Crippen LogP contribution in [0.15, 0.2) is 54.6 Å². The fraction of sp³-hybridized carbons (Fsp3) is 0.278. The molecule has 2 aromatic carbocycles. The highest BCUT2D eigenvalue weighted by Crippen LogP contribution is 2.18. The highest BCUT2D eigenvalue weighted by molar-refractivity contribution is 8.00. The molecule has 2 N–H and O–H groups in total. The summed E-state index contributed by atoms with van der Waals surface area (Å²) in [4.78, 5) is 12.0. The van der Waals surface area contributed by atoms with Crippen molar-refractivity contribution in [2.75, 3.05) is 17.7 Å². The smallest absolute Gasteiger partial charge is 0.237 e. The highest BCUT2D eigenvalue weighted by Gasteiger charge is 2.12. The van der Waals surface area contributed by atoms with Crippen molar-refractivity contribution in [3.8, 4) is 5.75 Å². The zero-order valence-electron chi connectivity index (χ0n) is 13.1. The lowest BCUT2D eigenvalue weighted by molar-refractivity contribution is -0.115. The van der Waals surface area contributed by atoms with Crippen LogP contribution in [-0.2, 0) is 11.4 Å². The Morgan fingerprint density at radius 3 is 2.52 bits per heavy atom. The number of aliphatic hydroxyl groups excluding tert-OH is 1. The van der Waals surface area contributed by atoms with Gasteiger partial charge in [-0.3, -0.25) is 4.79 Å². The molecule has 0 unspecified atom stereocenters. The van der Waals surface area contributed by atoms with Gasteiger partial charge in [0.15, 0.2) is 0 Å². The summed E-state index contributed by atoms with van der Waals surface area (Å²) in [5.41, 5.74) is 1.85.